The molecule has 1 saturated carbocycles. The number of carbonyl (C=O) groups is 2. The van der Waals surface area contributed by atoms with Crippen molar-refractivity contribution in [2.75, 3.05) is 0 Å². The van der Waals surface area contributed by atoms with E-state index >= 15 is 0 Å². The molecular weight excluding hydrogens is 184 g/mol. The molecule has 1 aliphatic heterocycles. The number of epoxide rings is 1. The van der Waals surface area contributed by atoms with E-state index in [2.05, 4.69) is 0 Å². The third kappa shape index (κ3) is 1.66. The van der Waals surface area contributed by atoms with E-state index in [9.17, 15) is 9.59 Å². The monoisotopic (exact) mass is 198 g/mol. The average molecular weight is 198 g/mol. The highest BCUT2D eigenvalue weighted by atomic mass is 16.6. The van der Waals surface area contributed by atoms with E-state index in [0.717, 1.165) is 12.8 Å². The summed E-state index contributed by atoms with van der Waals surface area (Å²) in [7, 11) is 0. The predicted molar refractivity (Wildman–Crippen MR) is 47.6 cm³/mol. The fraction of sp³-hybridized carbons (Fsp3) is 0.800. The first-order chi connectivity index (χ1) is 6.59. The number of hydrogen-bond donors (Lipinski definition) is 0. The Morgan fingerprint density at radius 1 is 1.36 bits per heavy atom. The van der Waals surface area contributed by atoms with Gasteiger partial charge in [-0.1, -0.05) is 6.92 Å². The third-order valence-electron chi connectivity index (χ3n) is 3.01. The molecule has 4 nitrogen and oxygen atoms in total. The van der Waals surface area contributed by atoms with Crippen molar-refractivity contribution in [3.05, 3.63) is 0 Å². The maximum atomic E-state index is 11.1. The minimum Gasteiger partial charge on any atom is -0.456 e. The fourth-order valence-corrected chi connectivity index (χ4v) is 2.04. The predicted octanol–water partition coefficient (Wildman–Crippen LogP) is 0.684. The van der Waals surface area contributed by atoms with Crippen molar-refractivity contribution in [2.24, 2.45) is 5.92 Å². The normalized spacial score (nSPS) is 39.9. The molecule has 0 radical (unpaired) electrons. The zero-order valence-corrected chi connectivity index (χ0v) is 8.36. The molecule has 1 saturated heterocycles. The summed E-state index contributed by atoms with van der Waals surface area (Å²) in [6, 6.07) is 0. The molecule has 0 aromatic heterocycles. The quantitative estimate of drug-likeness (QED) is 0.372. The lowest BCUT2D eigenvalue weighted by Crippen LogP contribution is -2.34. The van der Waals surface area contributed by atoms with Gasteiger partial charge in [-0.05, 0) is 12.8 Å². The zero-order chi connectivity index (χ0) is 10.3. The van der Waals surface area contributed by atoms with Gasteiger partial charge in [0.1, 0.15) is 6.10 Å². The number of ketones is 1. The molecule has 0 spiro atoms. The highest BCUT2D eigenvalue weighted by Gasteiger charge is 2.50. The first-order valence-corrected chi connectivity index (χ1v) is 4.96. The number of hydrogen-bond acceptors (Lipinski definition) is 4. The van der Waals surface area contributed by atoms with E-state index < -0.39 is 11.8 Å². The van der Waals surface area contributed by atoms with Gasteiger partial charge < -0.3 is 9.47 Å². The molecular formula is C10H14O4. The number of esters is 1. The van der Waals surface area contributed by atoms with Crippen LogP contribution in [0.2, 0.25) is 0 Å². The Bertz CT molecular complexity index is 273. The topological polar surface area (TPSA) is 55.9 Å². The van der Waals surface area contributed by atoms with Crippen LogP contribution in [0.4, 0.5) is 0 Å². The second-order valence-corrected chi connectivity index (χ2v) is 4.08. The lowest BCUT2D eigenvalue weighted by atomic mass is 9.88. The molecule has 1 heterocycles. The maximum Gasteiger partial charge on any atom is 0.374 e. The summed E-state index contributed by atoms with van der Waals surface area (Å²) >= 11 is 0. The third-order valence-corrected chi connectivity index (χ3v) is 3.01. The van der Waals surface area contributed by atoms with Crippen molar-refractivity contribution in [3.63, 3.8) is 0 Å². The molecule has 2 fully saturated rings. The van der Waals surface area contributed by atoms with Crippen LogP contribution in [0.3, 0.4) is 0 Å². The van der Waals surface area contributed by atoms with Crippen LogP contribution in [0.25, 0.3) is 0 Å². The van der Waals surface area contributed by atoms with E-state index in [4.69, 9.17) is 9.47 Å². The Kier molecular flexibility index (Phi) is 2.31. The van der Waals surface area contributed by atoms with Crippen LogP contribution in [0.1, 0.15) is 26.7 Å². The van der Waals surface area contributed by atoms with Crippen molar-refractivity contribution >= 4 is 11.8 Å². The standard InChI is InChI=1S/C10H14O4/c1-5-7(14-10(12)6(2)11)3-4-8-9(5)13-8/h5,7-9H,3-4H2,1-2H3/t5-,7+,8-,9+/m1/s1. The molecule has 2 aliphatic rings. The number of rotatable bonds is 2. The van der Waals surface area contributed by atoms with E-state index in [1.165, 1.54) is 6.92 Å². The number of fused-ring (bicyclic) bond motifs is 1. The van der Waals surface area contributed by atoms with Gasteiger partial charge in [-0.25, -0.2) is 4.79 Å². The van der Waals surface area contributed by atoms with Gasteiger partial charge in [0, 0.05) is 12.8 Å². The molecule has 4 atom stereocenters. The van der Waals surface area contributed by atoms with E-state index in [1.807, 2.05) is 6.92 Å². The molecule has 2 rings (SSSR count). The van der Waals surface area contributed by atoms with Gasteiger partial charge in [-0.3, -0.25) is 4.79 Å². The smallest absolute Gasteiger partial charge is 0.374 e. The summed E-state index contributed by atoms with van der Waals surface area (Å²) in [6.07, 6.45) is 2.22. The summed E-state index contributed by atoms with van der Waals surface area (Å²) in [5, 5.41) is 0. The van der Waals surface area contributed by atoms with Gasteiger partial charge in [0.25, 0.3) is 0 Å². The molecule has 0 bridgehead atoms. The molecule has 0 aromatic carbocycles. The number of ether oxygens (including phenoxy) is 2. The van der Waals surface area contributed by atoms with Gasteiger partial charge in [-0.15, -0.1) is 0 Å². The molecule has 14 heavy (non-hydrogen) atoms. The first kappa shape index (κ1) is 9.65. The lowest BCUT2D eigenvalue weighted by molar-refractivity contribution is -0.159. The van der Waals surface area contributed by atoms with Crippen LogP contribution in [-0.2, 0) is 19.1 Å². The van der Waals surface area contributed by atoms with Crippen molar-refractivity contribution < 1.29 is 19.1 Å². The fourth-order valence-electron chi connectivity index (χ4n) is 2.04. The Morgan fingerprint density at radius 3 is 2.71 bits per heavy atom. The van der Waals surface area contributed by atoms with Crippen LogP contribution in [0.5, 0.6) is 0 Å². The molecule has 78 valence electrons. The van der Waals surface area contributed by atoms with E-state index in [0.29, 0.717) is 6.10 Å². The molecule has 1 aliphatic carbocycles. The van der Waals surface area contributed by atoms with Gasteiger partial charge in [0.2, 0.25) is 5.78 Å². The van der Waals surface area contributed by atoms with Crippen molar-refractivity contribution in [1.29, 1.82) is 0 Å². The van der Waals surface area contributed by atoms with Gasteiger partial charge in [-0.2, -0.15) is 0 Å². The van der Waals surface area contributed by atoms with Crippen LogP contribution in [-0.4, -0.2) is 30.1 Å². The minimum absolute atomic E-state index is 0.143. The highest BCUT2D eigenvalue weighted by molar-refractivity contribution is 6.32. The molecule has 4 heteroatoms. The Labute approximate surface area is 82.6 Å². The summed E-state index contributed by atoms with van der Waals surface area (Å²) in [4.78, 5) is 21.8. The molecule has 0 N–H and O–H groups in total. The van der Waals surface area contributed by atoms with Crippen LogP contribution in [0.15, 0.2) is 0 Å². The first-order valence-electron chi connectivity index (χ1n) is 4.96. The van der Waals surface area contributed by atoms with Gasteiger partial charge in [0.05, 0.1) is 12.2 Å². The van der Waals surface area contributed by atoms with Crippen molar-refractivity contribution in [1.82, 2.24) is 0 Å². The second-order valence-electron chi connectivity index (χ2n) is 4.08. The van der Waals surface area contributed by atoms with Crippen LogP contribution >= 0.6 is 0 Å². The summed E-state index contributed by atoms with van der Waals surface area (Å²) in [5.41, 5.74) is 0. The number of carbonyl (C=O) groups excluding carboxylic acids is 2. The Hall–Kier alpha value is -0.900. The van der Waals surface area contributed by atoms with E-state index in [1.54, 1.807) is 0 Å². The highest BCUT2D eigenvalue weighted by Crippen LogP contribution is 2.41. The minimum atomic E-state index is -0.721. The Morgan fingerprint density at radius 2 is 2.07 bits per heavy atom. The van der Waals surface area contributed by atoms with Gasteiger partial charge in [0.15, 0.2) is 0 Å². The molecule has 0 unspecified atom stereocenters. The Balaban J connectivity index is 1.91. The van der Waals surface area contributed by atoms with Crippen LogP contribution in [0, 0.1) is 5.92 Å². The van der Waals surface area contributed by atoms with Gasteiger partial charge >= 0.3 is 5.97 Å². The second kappa shape index (κ2) is 3.35. The molecule has 0 amide bonds. The van der Waals surface area contributed by atoms with Crippen LogP contribution < -0.4 is 0 Å². The summed E-state index contributed by atoms with van der Waals surface area (Å²) in [5.74, 6) is -1.03. The zero-order valence-electron chi connectivity index (χ0n) is 8.36. The average Bonchev–Trinajstić information content (AvgIpc) is 2.89. The van der Waals surface area contributed by atoms with E-state index in [-0.39, 0.29) is 18.1 Å². The van der Waals surface area contributed by atoms with Crippen molar-refractivity contribution in [3.8, 4) is 0 Å². The SMILES string of the molecule is CC(=O)C(=O)O[C@H]1CC[C@H]2O[C@H]2[C@@H]1C. The lowest BCUT2D eigenvalue weighted by Gasteiger charge is -2.25. The summed E-state index contributed by atoms with van der Waals surface area (Å²) < 4.78 is 10.5. The maximum absolute atomic E-state index is 11.1. The largest absolute Gasteiger partial charge is 0.456 e. The summed E-state index contributed by atoms with van der Waals surface area (Å²) in [6.45, 7) is 3.23. The van der Waals surface area contributed by atoms with Crippen molar-refractivity contribution in [2.45, 2.75) is 45.0 Å². The molecule has 0 aromatic rings. The number of Topliss-reactive ketones (excluding diaryl/α,β-unsaturated/α-hetero) is 1.